The van der Waals surface area contributed by atoms with Gasteiger partial charge in [0.05, 0.1) is 18.2 Å². The number of nitrogens with two attached hydrogens (primary N) is 1. The van der Waals surface area contributed by atoms with Crippen molar-refractivity contribution >= 4 is 17.4 Å². The number of para-hydroxylation sites is 2. The molecule has 30 heavy (non-hydrogen) atoms. The lowest BCUT2D eigenvalue weighted by Gasteiger charge is -2.17. The summed E-state index contributed by atoms with van der Waals surface area (Å²) in [6.07, 6.45) is 0. The first-order chi connectivity index (χ1) is 14.7. The molecule has 3 aromatic carbocycles. The molecule has 0 saturated carbocycles. The van der Waals surface area contributed by atoms with Gasteiger partial charge in [0.2, 0.25) is 0 Å². The van der Waals surface area contributed by atoms with E-state index in [9.17, 15) is 4.79 Å². The van der Waals surface area contributed by atoms with Crippen molar-refractivity contribution in [3.05, 3.63) is 96.1 Å². The number of nitrogens with one attached hydrogen (secondary N) is 1. The number of hydrogen-bond donors (Lipinski definition) is 2. The van der Waals surface area contributed by atoms with Crippen molar-refractivity contribution in [3.63, 3.8) is 0 Å². The summed E-state index contributed by atoms with van der Waals surface area (Å²) in [5, 5.41) is 6.78. The number of rotatable bonds is 9. The van der Waals surface area contributed by atoms with Crippen LogP contribution in [0.1, 0.15) is 24.0 Å². The zero-order chi connectivity index (χ0) is 21.2. The maximum absolute atomic E-state index is 12.3. The molecule has 0 atom stereocenters. The number of hydrogen-bond acceptors (Lipinski definition) is 4. The third-order valence-electron chi connectivity index (χ3n) is 4.39. The predicted octanol–water partition coefficient (Wildman–Crippen LogP) is 4.14. The second kappa shape index (κ2) is 10.7. The summed E-state index contributed by atoms with van der Waals surface area (Å²) in [5.74, 6) is 0.253. The van der Waals surface area contributed by atoms with Crippen molar-refractivity contribution in [1.82, 2.24) is 0 Å². The first-order valence-corrected chi connectivity index (χ1v) is 9.76. The molecule has 1 amide bonds. The zero-order valence-corrected chi connectivity index (χ0v) is 16.8. The minimum Gasteiger partial charge on any atom is -0.492 e. The van der Waals surface area contributed by atoms with E-state index in [4.69, 9.17) is 15.3 Å². The average molecular weight is 403 g/mol. The molecule has 0 fully saturated rings. The van der Waals surface area contributed by atoms with Gasteiger partial charge in [0.15, 0.2) is 12.4 Å². The van der Waals surface area contributed by atoms with Crippen LogP contribution in [-0.4, -0.2) is 25.0 Å². The van der Waals surface area contributed by atoms with Gasteiger partial charge in [-0.25, -0.2) is 0 Å². The van der Waals surface area contributed by atoms with Gasteiger partial charge < -0.3 is 20.6 Å². The van der Waals surface area contributed by atoms with Crippen molar-refractivity contribution in [2.24, 2.45) is 10.9 Å². The van der Waals surface area contributed by atoms with Crippen LogP contribution >= 0.6 is 0 Å². The first kappa shape index (κ1) is 20.9. The maximum Gasteiger partial charge on any atom is 0.265 e. The van der Waals surface area contributed by atoms with Crippen LogP contribution in [0.25, 0.3) is 0 Å². The van der Waals surface area contributed by atoms with Gasteiger partial charge in [0.1, 0.15) is 5.75 Å². The number of benzene rings is 3. The van der Waals surface area contributed by atoms with Crippen molar-refractivity contribution in [3.8, 4) is 5.75 Å². The second-order valence-corrected chi connectivity index (χ2v) is 6.52. The van der Waals surface area contributed by atoms with Crippen LogP contribution < -0.4 is 15.8 Å². The number of carbonyl (C=O) groups excluding carboxylic acids is 1. The highest BCUT2D eigenvalue weighted by atomic mass is 16.6. The van der Waals surface area contributed by atoms with Crippen LogP contribution in [0.3, 0.4) is 0 Å². The molecule has 0 aromatic heterocycles. The maximum atomic E-state index is 12.3. The van der Waals surface area contributed by atoms with Crippen LogP contribution in [0.5, 0.6) is 5.75 Å². The molecule has 3 N–H and O–H groups in total. The highest BCUT2D eigenvalue weighted by molar-refractivity contribution is 5.93. The molecule has 0 aliphatic carbocycles. The summed E-state index contributed by atoms with van der Waals surface area (Å²) in [6, 6.07) is 26.8. The van der Waals surface area contributed by atoms with Gasteiger partial charge in [-0.15, -0.1) is 0 Å². The molecule has 6 nitrogen and oxygen atoms in total. The van der Waals surface area contributed by atoms with Crippen LogP contribution in [0.15, 0.2) is 90.1 Å². The molecule has 0 spiro atoms. The van der Waals surface area contributed by atoms with E-state index in [-0.39, 0.29) is 24.3 Å². The highest BCUT2D eigenvalue weighted by Crippen LogP contribution is 2.25. The predicted molar refractivity (Wildman–Crippen MR) is 119 cm³/mol. The number of nitrogens with zero attached hydrogens (tertiary/aromatic N) is 1. The van der Waals surface area contributed by atoms with Gasteiger partial charge >= 0.3 is 0 Å². The van der Waals surface area contributed by atoms with Gasteiger partial charge in [-0.2, -0.15) is 0 Å². The number of oxime groups is 1. The van der Waals surface area contributed by atoms with Gasteiger partial charge in [-0.3, -0.25) is 4.79 Å². The molecule has 0 aliphatic heterocycles. The van der Waals surface area contributed by atoms with E-state index >= 15 is 0 Å². The number of anilines is 1. The summed E-state index contributed by atoms with van der Waals surface area (Å²) < 4.78 is 5.51. The molecule has 3 aromatic rings. The van der Waals surface area contributed by atoms with Crippen LogP contribution in [0.4, 0.5) is 5.69 Å². The Morgan fingerprint density at radius 2 is 1.50 bits per heavy atom. The number of amides is 1. The lowest BCUT2D eigenvalue weighted by Crippen LogP contribution is -2.24. The molecule has 0 bridgehead atoms. The number of ether oxygens (including phenoxy) is 1. The van der Waals surface area contributed by atoms with E-state index in [2.05, 4.69) is 10.5 Å². The van der Waals surface area contributed by atoms with E-state index in [0.29, 0.717) is 18.0 Å². The Morgan fingerprint density at radius 3 is 2.10 bits per heavy atom. The normalized spacial score (nSPS) is 11.2. The van der Waals surface area contributed by atoms with Crippen molar-refractivity contribution in [2.45, 2.75) is 12.8 Å². The second-order valence-electron chi connectivity index (χ2n) is 6.52. The molecule has 0 aliphatic rings. The van der Waals surface area contributed by atoms with E-state index in [1.165, 1.54) is 0 Å². The summed E-state index contributed by atoms with van der Waals surface area (Å²) in [4.78, 5) is 17.5. The fourth-order valence-electron chi connectivity index (χ4n) is 3.08. The van der Waals surface area contributed by atoms with E-state index in [0.717, 1.165) is 11.1 Å². The van der Waals surface area contributed by atoms with E-state index in [1.807, 2.05) is 79.7 Å². The Kier molecular flexibility index (Phi) is 7.44. The Hall–Kier alpha value is -3.80. The highest BCUT2D eigenvalue weighted by Gasteiger charge is 2.19. The standard InChI is InChI=1S/C24H25N3O3/c1-2-29-21-16-10-9-15-20(21)26-22(28)17-30-27-24(25)23(18-11-5-3-6-12-18)19-13-7-4-8-14-19/h3-16,23H,2,17H2,1H3,(H2,25,27)(H,26,28). The van der Waals surface area contributed by atoms with Crippen LogP contribution in [-0.2, 0) is 9.63 Å². The fraction of sp³-hybridized carbons (Fsp3) is 0.167. The van der Waals surface area contributed by atoms with E-state index in [1.54, 1.807) is 12.1 Å². The molecular formula is C24H25N3O3. The monoisotopic (exact) mass is 403 g/mol. The third kappa shape index (κ3) is 5.61. The third-order valence-corrected chi connectivity index (χ3v) is 4.39. The Morgan fingerprint density at radius 1 is 0.933 bits per heavy atom. The summed E-state index contributed by atoms with van der Waals surface area (Å²) >= 11 is 0. The minimum atomic E-state index is -0.352. The van der Waals surface area contributed by atoms with E-state index < -0.39 is 0 Å². The topological polar surface area (TPSA) is 85.9 Å². The molecule has 0 radical (unpaired) electrons. The lowest BCUT2D eigenvalue weighted by molar-refractivity contribution is -0.120. The molecule has 0 saturated heterocycles. The van der Waals surface area contributed by atoms with Crippen LogP contribution in [0, 0.1) is 0 Å². The Bertz CT molecular complexity index is 936. The molecule has 0 unspecified atom stereocenters. The Balaban J connectivity index is 1.67. The van der Waals surface area contributed by atoms with Gasteiger partial charge in [-0.05, 0) is 30.2 Å². The molecule has 154 valence electrons. The fourth-order valence-corrected chi connectivity index (χ4v) is 3.08. The summed E-state index contributed by atoms with van der Waals surface area (Å²) in [5.41, 5.74) is 8.82. The van der Waals surface area contributed by atoms with Gasteiger partial charge in [0, 0.05) is 0 Å². The SMILES string of the molecule is CCOc1ccccc1NC(=O)CO/N=C(/N)C(c1ccccc1)c1ccccc1. The molecular weight excluding hydrogens is 378 g/mol. The molecule has 6 heteroatoms. The quantitative estimate of drug-likeness (QED) is 0.319. The van der Waals surface area contributed by atoms with Gasteiger partial charge in [0.25, 0.3) is 5.91 Å². The average Bonchev–Trinajstić information content (AvgIpc) is 2.77. The zero-order valence-electron chi connectivity index (χ0n) is 16.8. The Labute approximate surface area is 176 Å². The van der Waals surface area contributed by atoms with Crippen LogP contribution in [0.2, 0.25) is 0 Å². The van der Waals surface area contributed by atoms with Crippen molar-refractivity contribution in [1.29, 1.82) is 0 Å². The largest absolute Gasteiger partial charge is 0.492 e. The lowest BCUT2D eigenvalue weighted by atomic mass is 9.90. The van der Waals surface area contributed by atoms with Crippen molar-refractivity contribution < 1.29 is 14.4 Å². The smallest absolute Gasteiger partial charge is 0.265 e. The molecule has 0 heterocycles. The van der Waals surface area contributed by atoms with Crippen molar-refractivity contribution in [2.75, 3.05) is 18.5 Å². The number of carbonyl (C=O) groups is 1. The van der Waals surface area contributed by atoms with Gasteiger partial charge in [-0.1, -0.05) is 78.0 Å². The minimum absolute atomic E-state index is 0.266. The number of amidine groups is 1. The summed E-state index contributed by atoms with van der Waals surface area (Å²) in [6.45, 7) is 2.12. The first-order valence-electron chi connectivity index (χ1n) is 9.76. The molecule has 3 rings (SSSR count). The summed E-state index contributed by atoms with van der Waals surface area (Å²) in [7, 11) is 0.